The molecule has 0 spiro atoms. The van der Waals surface area contributed by atoms with Crippen LogP contribution in [0, 0.1) is 5.82 Å². The van der Waals surface area contributed by atoms with Crippen molar-refractivity contribution in [1.29, 1.82) is 0 Å². The highest BCUT2D eigenvalue weighted by molar-refractivity contribution is 5.66. The van der Waals surface area contributed by atoms with Gasteiger partial charge in [-0.05, 0) is 30.7 Å². The minimum absolute atomic E-state index is 0.170. The molecule has 3 rings (SSSR count). The van der Waals surface area contributed by atoms with Crippen LogP contribution in [0.4, 0.5) is 10.1 Å². The van der Waals surface area contributed by atoms with E-state index in [-0.39, 0.29) is 17.0 Å². The molecule has 0 aliphatic carbocycles. The van der Waals surface area contributed by atoms with Crippen molar-refractivity contribution in [3.8, 4) is 0 Å². The number of fused-ring (bicyclic) bond motifs is 3. The van der Waals surface area contributed by atoms with Gasteiger partial charge in [-0.2, -0.15) is 0 Å². The monoisotopic (exact) mass is 221 g/mol. The molecule has 1 saturated heterocycles. The first-order valence-corrected chi connectivity index (χ1v) is 5.68. The Balaban J connectivity index is 2.26. The van der Waals surface area contributed by atoms with E-state index in [1.165, 1.54) is 6.07 Å². The second-order valence-corrected chi connectivity index (χ2v) is 5.27. The van der Waals surface area contributed by atoms with Gasteiger partial charge in [0.2, 0.25) is 0 Å². The van der Waals surface area contributed by atoms with Gasteiger partial charge in [0.15, 0.2) is 0 Å². The Morgan fingerprint density at radius 1 is 1.31 bits per heavy atom. The van der Waals surface area contributed by atoms with Crippen LogP contribution < -0.4 is 4.90 Å². The van der Waals surface area contributed by atoms with Crippen LogP contribution in [-0.2, 0) is 10.2 Å². The van der Waals surface area contributed by atoms with Crippen LogP contribution >= 0.6 is 0 Å². The summed E-state index contributed by atoms with van der Waals surface area (Å²) in [7, 11) is 0. The van der Waals surface area contributed by atoms with Gasteiger partial charge >= 0.3 is 0 Å². The van der Waals surface area contributed by atoms with Crippen LogP contribution in [0.5, 0.6) is 0 Å². The number of nitrogens with zero attached hydrogens (tertiary/aromatic N) is 1. The van der Waals surface area contributed by atoms with Crippen LogP contribution in [0.25, 0.3) is 0 Å². The van der Waals surface area contributed by atoms with Gasteiger partial charge in [-0.1, -0.05) is 13.8 Å². The quantitative estimate of drug-likeness (QED) is 0.668. The van der Waals surface area contributed by atoms with Gasteiger partial charge in [0, 0.05) is 17.6 Å². The van der Waals surface area contributed by atoms with E-state index in [0.29, 0.717) is 0 Å². The highest BCUT2D eigenvalue weighted by atomic mass is 19.1. The first-order valence-electron chi connectivity index (χ1n) is 5.68. The average Bonchev–Trinajstić information content (AvgIpc) is 2.67. The molecule has 1 fully saturated rings. The van der Waals surface area contributed by atoms with Gasteiger partial charge in [0.1, 0.15) is 11.5 Å². The van der Waals surface area contributed by atoms with E-state index < -0.39 is 0 Å². The van der Waals surface area contributed by atoms with Crippen molar-refractivity contribution in [2.45, 2.75) is 31.9 Å². The summed E-state index contributed by atoms with van der Waals surface area (Å²) in [5.74, 6) is -0.170. The zero-order valence-corrected chi connectivity index (χ0v) is 9.88. The molecule has 2 aliphatic rings. The first kappa shape index (κ1) is 10.1. The smallest absolute Gasteiger partial charge is 0.147 e. The van der Waals surface area contributed by atoms with E-state index >= 15 is 0 Å². The Morgan fingerprint density at radius 2 is 2.06 bits per heavy atom. The molecule has 3 heteroatoms. The van der Waals surface area contributed by atoms with Crippen LogP contribution in [-0.4, -0.2) is 18.9 Å². The van der Waals surface area contributed by atoms with Gasteiger partial charge < -0.3 is 9.64 Å². The van der Waals surface area contributed by atoms with Crippen molar-refractivity contribution >= 4 is 5.69 Å². The zero-order valence-electron chi connectivity index (χ0n) is 9.88. The Bertz CT molecular complexity index is 457. The van der Waals surface area contributed by atoms with Gasteiger partial charge in [0.05, 0.1) is 6.61 Å². The van der Waals surface area contributed by atoms with Crippen LogP contribution in [0.1, 0.15) is 26.3 Å². The minimum Gasteiger partial charge on any atom is -0.353 e. The molecular weight excluding hydrogens is 205 g/mol. The van der Waals surface area contributed by atoms with Crippen molar-refractivity contribution < 1.29 is 9.13 Å². The molecule has 1 aromatic carbocycles. The van der Waals surface area contributed by atoms with Crippen molar-refractivity contribution in [2.75, 3.05) is 18.1 Å². The summed E-state index contributed by atoms with van der Waals surface area (Å²) in [6.45, 7) is 7.97. The van der Waals surface area contributed by atoms with Crippen LogP contribution in [0.2, 0.25) is 0 Å². The van der Waals surface area contributed by atoms with E-state index in [1.54, 1.807) is 6.07 Å². The second kappa shape index (κ2) is 2.77. The maximum absolute atomic E-state index is 13.3. The molecule has 1 atom stereocenters. The summed E-state index contributed by atoms with van der Waals surface area (Å²) in [5.41, 5.74) is 1.66. The fraction of sp³-hybridized carbons (Fsp3) is 0.538. The topological polar surface area (TPSA) is 12.5 Å². The standard InChI is InChI=1S/C13H16FNO/c1-12(2)10-8-9(14)4-5-11(10)15-6-7-16-13(12,15)3/h4-5,8H,6-7H2,1-3H3. The number of benzene rings is 1. The molecule has 2 nitrogen and oxygen atoms in total. The Morgan fingerprint density at radius 3 is 2.81 bits per heavy atom. The normalized spacial score (nSPS) is 30.4. The molecule has 0 N–H and O–H groups in total. The fourth-order valence-corrected chi connectivity index (χ4v) is 2.99. The molecule has 1 aromatic rings. The second-order valence-electron chi connectivity index (χ2n) is 5.27. The third-order valence-corrected chi connectivity index (χ3v) is 4.30. The van der Waals surface area contributed by atoms with Crippen LogP contribution in [0.3, 0.4) is 0 Å². The number of halogens is 1. The van der Waals surface area contributed by atoms with E-state index in [2.05, 4.69) is 25.7 Å². The van der Waals surface area contributed by atoms with E-state index in [1.807, 2.05) is 6.07 Å². The molecule has 0 radical (unpaired) electrons. The number of hydrogen-bond donors (Lipinski definition) is 0. The zero-order chi connectivity index (χ0) is 11.6. The summed E-state index contributed by atoms with van der Waals surface area (Å²) in [5, 5.41) is 0. The van der Waals surface area contributed by atoms with Crippen molar-refractivity contribution in [2.24, 2.45) is 0 Å². The molecule has 0 aromatic heterocycles. The highest BCUT2D eigenvalue weighted by Crippen LogP contribution is 2.53. The predicted molar refractivity (Wildman–Crippen MR) is 61.1 cm³/mol. The van der Waals surface area contributed by atoms with Crippen LogP contribution in [0.15, 0.2) is 18.2 Å². The minimum atomic E-state index is -0.330. The van der Waals surface area contributed by atoms with Gasteiger partial charge in [-0.15, -0.1) is 0 Å². The molecule has 86 valence electrons. The lowest BCUT2D eigenvalue weighted by atomic mass is 9.78. The van der Waals surface area contributed by atoms with Crippen molar-refractivity contribution in [3.05, 3.63) is 29.6 Å². The van der Waals surface area contributed by atoms with Crippen molar-refractivity contribution in [3.63, 3.8) is 0 Å². The lowest BCUT2D eigenvalue weighted by Crippen LogP contribution is -2.50. The Kier molecular flexibility index (Phi) is 1.75. The highest BCUT2D eigenvalue weighted by Gasteiger charge is 2.57. The van der Waals surface area contributed by atoms with E-state index in [0.717, 1.165) is 24.4 Å². The Labute approximate surface area is 95.0 Å². The maximum atomic E-state index is 13.3. The number of ether oxygens (including phenoxy) is 1. The molecule has 1 unspecified atom stereocenters. The summed E-state index contributed by atoms with van der Waals surface area (Å²) in [6, 6.07) is 5.04. The maximum Gasteiger partial charge on any atom is 0.147 e. The van der Waals surface area contributed by atoms with E-state index in [4.69, 9.17) is 4.74 Å². The molecular formula is C13H16FNO. The van der Waals surface area contributed by atoms with E-state index in [9.17, 15) is 4.39 Å². The third-order valence-electron chi connectivity index (χ3n) is 4.30. The lowest BCUT2D eigenvalue weighted by Gasteiger charge is -2.38. The van der Waals surface area contributed by atoms with Crippen molar-refractivity contribution in [1.82, 2.24) is 0 Å². The molecule has 0 amide bonds. The number of hydrogen-bond acceptors (Lipinski definition) is 2. The summed E-state index contributed by atoms with van der Waals surface area (Å²) >= 11 is 0. The summed E-state index contributed by atoms with van der Waals surface area (Å²) < 4.78 is 19.3. The number of anilines is 1. The predicted octanol–water partition coefficient (Wildman–Crippen LogP) is 2.67. The van der Waals surface area contributed by atoms with Gasteiger partial charge in [-0.25, -0.2) is 4.39 Å². The molecule has 0 bridgehead atoms. The van der Waals surface area contributed by atoms with Gasteiger partial charge in [0.25, 0.3) is 0 Å². The number of rotatable bonds is 0. The average molecular weight is 221 g/mol. The lowest BCUT2D eigenvalue weighted by molar-refractivity contribution is -0.0250. The molecule has 0 saturated carbocycles. The molecule has 2 heterocycles. The Hall–Kier alpha value is -1.09. The molecule has 16 heavy (non-hydrogen) atoms. The first-order chi connectivity index (χ1) is 7.47. The fourth-order valence-electron chi connectivity index (χ4n) is 2.99. The third kappa shape index (κ3) is 0.950. The summed E-state index contributed by atoms with van der Waals surface area (Å²) in [6.07, 6.45) is 0. The summed E-state index contributed by atoms with van der Waals surface area (Å²) in [4.78, 5) is 2.25. The molecule has 2 aliphatic heterocycles. The van der Waals surface area contributed by atoms with Gasteiger partial charge in [-0.3, -0.25) is 0 Å². The SMILES string of the molecule is CC1(C)c2cc(F)ccc2N2CCOC21C. The largest absolute Gasteiger partial charge is 0.353 e.